The van der Waals surface area contributed by atoms with E-state index >= 15 is 0 Å². The van der Waals surface area contributed by atoms with E-state index in [-0.39, 0.29) is 35.2 Å². The number of amides is 1. The van der Waals surface area contributed by atoms with Gasteiger partial charge in [0, 0.05) is 6.54 Å². The number of alkyl halides is 1. The molecule has 0 saturated heterocycles. The molecule has 108 valence electrons. The minimum atomic E-state index is -0.698. The summed E-state index contributed by atoms with van der Waals surface area (Å²) in [5, 5.41) is 2.55. The summed E-state index contributed by atoms with van der Waals surface area (Å²) in [6.45, 7) is 5.94. The molecule has 0 bridgehead atoms. The highest BCUT2D eigenvalue weighted by Crippen LogP contribution is 2.06. The first kappa shape index (κ1) is 20.3. The summed E-state index contributed by atoms with van der Waals surface area (Å²) in [5.41, 5.74) is -0.509. The van der Waals surface area contributed by atoms with Crippen LogP contribution in [-0.2, 0) is 14.2 Å². The van der Waals surface area contributed by atoms with E-state index in [2.05, 4.69) is 10.1 Å². The van der Waals surface area contributed by atoms with Gasteiger partial charge in [-0.3, -0.25) is 0 Å². The average Bonchev–Trinajstić information content (AvgIpc) is 2.14. The second kappa shape index (κ2) is 10.9. The lowest BCUT2D eigenvalue weighted by molar-refractivity contribution is 0.0517. The Hall–Kier alpha value is 0. The smallest absolute Gasteiger partial charge is 0.444 e. The van der Waals surface area contributed by atoms with Crippen molar-refractivity contribution in [1.82, 2.24) is 5.32 Å². The van der Waals surface area contributed by atoms with Crippen LogP contribution in [-0.4, -0.2) is 35.6 Å². The summed E-state index contributed by atoms with van der Waals surface area (Å²) >= 11 is 1.90. The Kier molecular flexibility index (Phi) is 12.3. The molecule has 0 aliphatic heterocycles. The lowest BCUT2D eigenvalue weighted by atomic mass is 10.2. The average molecular weight is 487 g/mol. The summed E-state index contributed by atoms with van der Waals surface area (Å²) in [5.74, 6) is 0. The third-order valence-electron chi connectivity index (χ3n) is 1.38. The van der Waals surface area contributed by atoms with Crippen molar-refractivity contribution in [3.8, 4) is 0 Å². The maximum Gasteiger partial charge on any atom is 0.509 e. The fourth-order valence-corrected chi connectivity index (χ4v) is 1.07. The van der Waals surface area contributed by atoms with Crippen molar-refractivity contribution in [2.24, 2.45) is 0 Å². The Morgan fingerprint density at radius 3 is 2.33 bits per heavy atom. The van der Waals surface area contributed by atoms with Crippen LogP contribution in [0.2, 0.25) is 0 Å². The number of ether oxygens (including phenoxy) is 3. The van der Waals surface area contributed by atoms with E-state index in [0.717, 1.165) is 0 Å². The largest absolute Gasteiger partial charge is 0.509 e. The molecule has 18 heavy (non-hydrogen) atoms. The SMILES string of the molecule is CC(C)(C)OC(=O)NCCCOC(=O)OCI.I. The van der Waals surface area contributed by atoms with Crippen molar-refractivity contribution in [1.29, 1.82) is 0 Å². The van der Waals surface area contributed by atoms with Gasteiger partial charge in [0.1, 0.15) is 10.2 Å². The molecule has 6 nitrogen and oxygen atoms in total. The first-order chi connectivity index (χ1) is 7.85. The first-order valence-electron chi connectivity index (χ1n) is 5.17. The van der Waals surface area contributed by atoms with Crippen molar-refractivity contribution in [2.45, 2.75) is 32.8 Å². The number of hydrogen-bond acceptors (Lipinski definition) is 5. The van der Waals surface area contributed by atoms with Gasteiger partial charge in [0.25, 0.3) is 0 Å². The Morgan fingerprint density at radius 1 is 1.22 bits per heavy atom. The van der Waals surface area contributed by atoms with Crippen LogP contribution in [0.5, 0.6) is 0 Å². The molecule has 1 N–H and O–H groups in total. The fraction of sp³-hybridized carbons (Fsp3) is 0.800. The Balaban J connectivity index is 0. The summed E-state index contributed by atoms with van der Waals surface area (Å²) in [6.07, 6.45) is -0.667. The van der Waals surface area contributed by atoms with Gasteiger partial charge in [-0.1, -0.05) is 0 Å². The molecule has 8 heteroatoms. The van der Waals surface area contributed by atoms with Crippen LogP contribution in [0.3, 0.4) is 0 Å². The van der Waals surface area contributed by atoms with Crippen LogP contribution < -0.4 is 5.32 Å². The minimum absolute atomic E-state index is 0. The monoisotopic (exact) mass is 487 g/mol. The van der Waals surface area contributed by atoms with E-state index in [4.69, 9.17) is 9.47 Å². The van der Waals surface area contributed by atoms with Crippen LogP contribution in [0.4, 0.5) is 9.59 Å². The van der Waals surface area contributed by atoms with Crippen LogP contribution in [0.15, 0.2) is 0 Å². The van der Waals surface area contributed by atoms with E-state index in [9.17, 15) is 9.59 Å². The molecule has 0 atom stereocenters. The molecular formula is C10H19I2NO5. The van der Waals surface area contributed by atoms with Gasteiger partial charge in [-0.05, 0) is 49.8 Å². The fourth-order valence-electron chi connectivity index (χ4n) is 0.819. The maximum atomic E-state index is 11.2. The molecule has 0 spiro atoms. The van der Waals surface area contributed by atoms with Gasteiger partial charge in [-0.2, -0.15) is 0 Å². The number of carbonyl (C=O) groups is 2. The first-order valence-corrected chi connectivity index (χ1v) is 6.70. The molecule has 0 aliphatic carbocycles. The summed E-state index contributed by atoms with van der Waals surface area (Å²) in [4.78, 5) is 22.0. The zero-order valence-electron chi connectivity index (χ0n) is 10.7. The third-order valence-corrected chi connectivity index (χ3v) is 1.69. The lowest BCUT2D eigenvalue weighted by Crippen LogP contribution is -2.33. The van der Waals surface area contributed by atoms with Crippen LogP contribution >= 0.6 is 46.6 Å². The zero-order chi connectivity index (χ0) is 13.3. The predicted molar refractivity (Wildman–Crippen MR) is 85.6 cm³/mol. The van der Waals surface area contributed by atoms with Gasteiger partial charge in [0.05, 0.1) is 6.61 Å². The highest BCUT2D eigenvalue weighted by atomic mass is 127. The normalized spacial score (nSPS) is 10.0. The molecule has 0 aromatic rings. The van der Waals surface area contributed by atoms with E-state index in [1.807, 2.05) is 22.6 Å². The van der Waals surface area contributed by atoms with Crippen molar-refractivity contribution < 1.29 is 23.8 Å². The van der Waals surface area contributed by atoms with Crippen molar-refractivity contribution in [3.05, 3.63) is 0 Å². The number of halogens is 2. The topological polar surface area (TPSA) is 73.9 Å². The summed E-state index contributed by atoms with van der Waals surface area (Å²) in [7, 11) is 0. The molecule has 0 aromatic carbocycles. The molecule has 0 heterocycles. The van der Waals surface area contributed by atoms with Crippen molar-refractivity contribution >= 4 is 58.8 Å². The van der Waals surface area contributed by atoms with Crippen LogP contribution in [0.1, 0.15) is 27.2 Å². The van der Waals surface area contributed by atoms with Gasteiger partial charge in [0.2, 0.25) is 0 Å². The van der Waals surface area contributed by atoms with E-state index in [1.165, 1.54) is 0 Å². The maximum absolute atomic E-state index is 11.2. The number of carbonyl (C=O) groups excluding carboxylic acids is 2. The molecule has 0 radical (unpaired) electrons. The van der Waals surface area contributed by atoms with Gasteiger partial charge in [-0.15, -0.1) is 24.0 Å². The van der Waals surface area contributed by atoms with Gasteiger partial charge >= 0.3 is 12.2 Å². The third kappa shape index (κ3) is 14.1. The molecule has 0 fully saturated rings. The van der Waals surface area contributed by atoms with Gasteiger partial charge in [0.15, 0.2) is 0 Å². The van der Waals surface area contributed by atoms with E-state index < -0.39 is 17.8 Å². The Labute approximate surface area is 138 Å². The van der Waals surface area contributed by atoms with E-state index in [0.29, 0.717) is 13.0 Å². The van der Waals surface area contributed by atoms with Crippen molar-refractivity contribution in [3.63, 3.8) is 0 Å². The number of alkyl carbamates (subject to hydrolysis) is 1. The summed E-state index contributed by atoms with van der Waals surface area (Å²) < 4.78 is 14.5. The molecule has 0 aromatic heterocycles. The molecule has 0 saturated carbocycles. The number of rotatable bonds is 5. The summed E-state index contributed by atoms with van der Waals surface area (Å²) in [6, 6.07) is 0. The second-order valence-corrected chi connectivity index (χ2v) is 4.76. The Bertz CT molecular complexity index is 255. The zero-order valence-corrected chi connectivity index (χ0v) is 15.1. The van der Waals surface area contributed by atoms with Gasteiger partial charge in [-0.25, -0.2) is 9.59 Å². The van der Waals surface area contributed by atoms with E-state index in [1.54, 1.807) is 20.8 Å². The molecule has 0 aliphatic rings. The van der Waals surface area contributed by atoms with Crippen LogP contribution in [0.25, 0.3) is 0 Å². The number of nitrogens with one attached hydrogen (secondary N) is 1. The molecular weight excluding hydrogens is 468 g/mol. The predicted octanol–water partition coefficient (Wildman–Crippen LogP) is 3.06. The van der Waals surface area contributed by atoms with Gasteiger partial charge < -0.3 is 19.5 Å². The minimum Gasteiger partial charge on any atom is -0.444 e. The Morgan fingerprint density at radius 2 is 1.83 bits per heavy atom. The standard InChI is InChI=1S/C10H18INO5.HI/c1-10(2,3)17-8(13)12-5-4-6-15-9(14)16-7-11;/h4-7H2,1-3H3,(H,12,13);1H. The van der Waals surface area contributed by atoms with Crippen LogP contribution in [0, 0.1) is 0 Å². The highest BCUT2D eigenvalue weighted by Gasteiger charge is 2.15. The second-order valence-electron chi connectivity index (χ2n) is 4.13. The van der Waals surface area contributed by atoms with Crippen molar-refractivity contribution in [2.75, 3.05) is 17.8 Å². The highest BCUT2D eigenvalue weighted by molar-refractivity contribution is 14.1. The lowest BCUT2D eigenvalue weighted by Gasteiger charge is -2.19. The quantitative estimate of drug-likeness (QED) is 0.280. The molecule has 0 rings (SSSR count). The molecule has 1 amide bonds. The number of hydrogen-bond donors (Lipinski definition) is 1. The molecule has 0 unspecified atom stereocenters.